The molecule has 3 heteroatoms. The van der Waals surface area contributed by atoms with Gasteiger partial charge in [0.25, 0.3) is 0 Å². The van der Waals surface area contributed by atoms with Gasteiger partial charge in [-0.25, -0.2) is 9.37 Å². The molecule has 0 aliphatic rings. The van der Waals surface area contributed by atoms with Crippen molar-refractivity contribution >= 4 is 0 Å². The number of imidazole rings is 1. The van der Waals surface area contributed by atoms with E-state index in [9.17, 15) is 4.39 Å². The maximum atomic E-state index is 12.7. The maximum Gasteiger partial charge on any atom is 0.123 e. The summed E-state index contributed by atoms with van der Waals surface area (Å²) in [6.07, 6.45) is 6.15. The molecule has 2 nitrogen and oxygen atoms in total. The second-order valence-corrected chi connectivity index (χ2v) is 3.86. The van der Waals surface area contributed by atoms with Crippen LogP contribution in [0.1, 0.15) is 19.8 Å². The van der Waals surface area contributed by atoms with Crippen LogP contribution >= 0.6 is 0 Å². The minimum absolute atomic E-state index is 0.214. The molecule has 1 aromatic heterocycles. The quantitative estimate of drug-likeness (QED) is 0.768. The number of hydrogen-bond acceptors (Lipinski definition) is 1. The van der Waals surface area contributed by atoms with Crippen LogP contribution < -0.4 is 0 Å². The van der Waals surface area contributed by atoms with E-state index in [1.807, 2.05) is 12.5 Å². The molecular formula is C13H15FN2. The highest BCUT2D eigenvalue weighted by Gasteiger charge is 2.01. The van der Waals surface area contributed by atoms with Crippen LogP contribution in [0, 0.1) is 5.82 Å². The first-order chi connectivity index (χ1) is 7.79. The highest BCUT2D eigenvalue weighted by atomic mass is 19.1. The summed E-state index contributed by atoms with van der Waals surface area (Å²) in [6.45, 7) is 3.16. The summed E-state index contributed by atoms with van der Waals surface area (Å²) in [7, 11) is 0. The van der Waals surface area contributed by atoms with Gasteiger partial charge in [-0.15, -0.1) is 0 Å². The van der Waals surface area contributed by atoms with Gasteiger partial charge in [0, 0.05) is 18.3 Å². The fourth-order valence-electron chi connectivity index (χ4n) is 1.59. The highest BCUT2D eigenvalue weighted by Crippen LogP contribution is 2.17. The van der Waals surface area contributed by atoms with Crippen molar-refractivity contribution in [1.29, 1.82) is 0 Å². The largest absolute Gasteiger partial charge is 0.337 e. The monoisotopic (exact) mass is 218 g/mol. The Labute approximate surface area is 94.8 Å². The summed E-state index contributed by atoms with van der Waals surface area (Å²) in [4.78, 5) is 4.31. The lowest BCUT2D eigenvalue weighted by Crippen LogP contribution is -1.92. The molecule has 0 radical (unpaired) electrons. The molecule has 0 spiro atoms. The number of unbranched alkanes of at least 4 members (excludes halogenated alkanes) is 1. The molecule has 0 aliphatic carbocycles. The number of nitrogens with zero attached hydrogens (tertiary/aromatic N) is 2. The second kappa shape index (κ2) is 4.92. The average Bonchev–Trinajstić information content (AvgIpc) is 2.76. The van der Waals surface area contributed by atoms with Crippen molar-refractivity contribution in [2.24, 2.45) is 0 Å². The van der Waals surface area contributed by atoms with Crippen LogP contribution in [-0.4, -0.2) is 9.55 Å². The molecular weight excluding hydrogens is 203 g/mol. The average molecular weight is 218 g/mol. The van der Waals surface area contributed by atoms with E-state index in [2.05, 4.69) is 16.5 Å². The summed E-state index contributed by atoms with van der Waals surface area (Å²) in [5, 5.41) is 0. The van der Waals surface area contributed by atoms with Crippen molar-refractivity contribution in [3.63, 3.8) is 0 Å². The predicted molar refractivity (Wildman–Crippen MR) is 62.5 cm³/mol. The van der Waals surface area contributed by atoms with Crippen LogP contribution in [0.2, 0.25) is 0 Å². The third kappa shape index (κ3) is 2.48. The van der Waals surface area contributed by atoms with Crippen LogP contribution in [0.5, 0.6) is 0 Å². The molecule has 16 heavy (non-hydrogen) atoms. The van der Waals surface area contributed by atoms with Crippen molar-refractivity contribution in [3.8, 4) is 11.3 Å². The number of benzene rings is 1. The minimum Gasteiger partial charge on any atom is -0.337 e. The molecule has 84 valence electrons. The molecule has 0 saturated heterocycles. The van der Waals surface area contributed by atoms with Gasteiger partial charge in [0.2, 0.25) is 0 Å². The van der Waals surface area contributed by atoms with E-state index in [0.717, 1.165) is 24.2 Å². The Hall–Kier alpha value is -1.64. The first-order valence-electron chi connectivity index (χ1n) is 5.57. The number of halogens is 1. The number of hydrogen-bond donors (Lipinski definition) is 0. The van der Waals surface area contributed by atoms with E-state index in [0.29, 0.717) is 0 Å². The standard InChI is InChI=1S/C13H15FN2/c1-2-3-8-16-9-13(15-10-16)11-4-6-12(14)7-5-11/h4-7,9-10H,2-3,8H2,1H3. The van der Waals surface area contributed by atoms with Gasteiger partial charge in [-0.05, 0) is 30.7 Å². The SMILES string of the molecule is CCCCn1cnc(-c2ccc(F)cc2)c1. The van der Waals surface area contributed by atoms with E-state index in [4.69, 9.17) is 0 Å². The topological polar surface area (TPSA) is 17.8 Å². The molecule has 0 amide bonds. The maximum absolute atomic E-state index is 12.7. The van der Waals surface area contributed by atoms with Gasteiger partial charge >= 0.3 is 0 Å². The van der Waals surface area contributed by atoms with Gasteiger partial charge in [-0.3, -0.25) is 0 Å². The fraction of sp³-hybridized carbons (Fsp3) is 0.308. The molecule has 0 atom stereocenters. The van der Waals surface area contributed by atoms with E-state index in [1.165, 1.54) is 18.6 Å². The summed E-state index contributed by atoms with van der Waals surface area (Å²) in [6, 6.07) is 6.42. The third-order valence-corrected chi connectivity index (χ3v) is 2.54. The fourth-order valence-corrected chi connectivity index (χ4v) is 1.59. The summed E-state index contributed by atoms with van der Waals surface area (Å²) in [5.74, 6) is -0.214. The van der Waals surface area contributed by atoms with Crippen LogP contribution in [0.15, 0.2) is 36.8 Å². The number of aromatic nitrogens is 2. The smallest absolute Gasteiger partial charge is 0.123 e. The molecule has 1 heterocycles. The Morgan fingerprint density at radius 2 is 2.00 bits per heavy atom. The molecule has 0 saturated carbocycles. The molecule has 1 aromatic carbocycles. The zero-order valence-electron chi connectivity index (χ0n) is 9.36. The van der Waals surface area contributed by atoms with E-state index in [1.54, 1.807) is 12.1 Å². The van der Waals surface area contributed by atoms with Crippen molar-refractivity contribution in [3.05, 3.63) is 42.6 Å². The Bertz CT molecular complexity index is 445. The van der Waals surface area contributed by atoms with E-state index < -0.39 is 0 Å². The van der Waals surface area contributed by atoms with Crippen molar-refractivity contribution in [1.82, 2.24) is 9.55 Å². The molecule has 0 N–H and O–H groups in total. The summed E-state index contributed by atoms with van der Waals surface area (Å²) >= 11 is 0. The Morgan fingerprint density at radius 1 is 1.25 bits per heavy atom. The van der Waals surface area contributed by atoms with Crippen molar-refractivity contribution in [2.45, 2.75) is 26.3 Å². The normalized spacial score (nSPS) is 10.6. The molecule has 2 aromatic rings. The zero-order valence-corrected chi connectivity index (χ0v) is 9.36. The lowest BCUT2D eigenvalue weighted by atomic mass is 10.2. The summed E-state index contributed by atoms with van der Waals surface area (Å²) < 4.78 is 14.8. The van der Waals surface area contributed by atoms with Crippen molar-refractivity contribution in [2.75, 3.05) is 0 Å². The number of aryl methyl sites for hydroxylation is 1. The Balaban J connectivity index is 2.15. The minimum atomic E-state index is -0.214. The van der Waals surface area contributed by atoms with Crippen LogP contribution in [0.25, 0.3) is 11.3 Å². The first kappa shape index (κ1) is 10.9. The van der Waals surface area contributed by atoms with E-state index >= 15 is 0 Å². The van der Waals surface area contributed by atoms with Gasteiger partial charge in [0.1, 0.15) is 5.82 Å². The lowest BCUT2D eigenvalue weighted by molar-refractivity contribution is 0.628. The van der Waals surface area contributed by atoms with Gasteiger partial charge < -0.3 is 4.57 Å². The third-order valence-electron chi connectivity index (χ3n) is 2.54. The van der Waals surface area contributed by atoms with Crippen molar-refractivity contribution < 1.29 is 4.39 Å². The summed E-state index contributed by atoms with van der Waals surface area (Å²) in [5.41, 5.74) is 1.85. The molecule has 0 unspecified atom stereocenters. The van der Waals surface area contributed by atoms with Gasteiger partial charge in [-0.2, -0.15) is 0 Å². The van der Waals surface area contributed by atoms with Gasteiger partial charge in [0.15, 0.2) is 0 Å². The highest BCUT2D eigenvalue weighted by molar-refractivity contribution is 5.57. The first-order valence-corrected chi connectivity index (χ1v) is 5.57. The van der Waals surface area contributed by atoms with Gasteiger partial charge in [0.05, 0.1) is 12.0 Å². The zero-order chi connectivity index (χ0) is 11.4. The number of rotatable bonds is 4. The molecule has 2 rings (SSSR count). The second-order valence-electron chi connectivity index (χ2n) is 3.86. The van der Waals surface area contributed by atoms with Crippen LogP contribution in [-0.2, 0) is 6.54 Å². The predicted octanol–water partition coefficient (Wildman–Crippen LogP) is 3.49. The Morgan fingerprint density at radius 3 is 2.69 bits per heavy atom. The van der Waals surface area contributed by atoms with Crippen LogP contribution in [0.3, 0.4) is 0 Å². The van der Waals surface area contributed by atoms with Gasteiger partial charge in [-0.1, -0.05) is 13.3 Å². The van der Waals surface area contributed by atoms with Crippen LogP contribution in [0.4, 0.5) is 4.39 Å². The van der Waals surface area contributed by atoms with E-state index in [-0.39, 0.29) is 5.82 Å². The molecule has 0 fully saturated rings. The molecule has 0 aliphatic heterocycles. The Kier molecular flexibility index (Phi) is 3.34. The lowest BCUT2D eigenvalue weighted by Gasteiger charge is -1.98. The molecule has 0 bridgehead atoms.